The van der Waals surface area contributed by atoms with Crippen LogP contribution in [-0.4, -0.2) is 46.5 Å². The Hall–Kier alpha value is -1.96. The van der Waals surface area contributed by atoms with Crippen molar-refractivity contribution in [2.75, 3.05) is 18.1 Å². The van der Waals surface area contributed by atoms with Gasteiger partial charge in [0.1, 0.15) is 0 Å². The minimum absolute atomic E-state index is 0.0725. The molecule has 0 aliphatic carbocycles. The number of fused-ring (bicyclic) bond motifs is 1. The maximum Gasteiger partial charge on any atom is 0.181 e. The predicted octanol–water partition coefficient (Wildman–Crippen LogP) is 4.27. The summed E-state index contributed by atoms with van der Waals surface area (Å²) in [5.41, 5.74) is 3.53. The second-order valence-corrected chi connectivity index (χ2v) is 10.7. The van der Waals surface area contributed by atoms with Gasteiger partial charge in [-0.25, -0.2) is 8.42 Å². The van der Waals surface area contributed by atoms with E-state index in [1.807, 2.05) is 18.2 Å². The van der Waals surface area contributed by atoms with Crippen molar-refractivity contribution in [1.82, 2.24) is 14.0 Å². The largest absolute Gasteiger partial charge is 0.316 e. The molecular formula is C23H29N3O2S2. The second-order valence-electron chi connectivity index (χ2n) is 8.10. The molecule has 0 saturated carbocycles. The first-order valence-electron chi connectivity index (χ1n) is 10.6. The Balaban J connectivity index is 1.65. The Bertz CT molecular complexity index is 1170. The van der Waals surface area contributed by atoms with Crippen LogP contribution >= 0.6 is 12.2 Å². The Labute approximate surface area is 183 Å². The third-order valence-corrected chi connectivity index (χ3v) is 8.14. The molecule has 0 spiro atoms. The molecule has 1 atom stereocenters. The standard InChI is InChI=1S/C23H29N3O2S2/c1-2-14-24(20-13-16-30(27,28)17-20)18-26-22-11-7-6-10-21(22)25(23(26)29)15-12-19-8-4-3-5-9-19/h3-11,20H,2,12-18H2,1H3. The van der Waals surface area contributed by atoms with Gasteiger partial charge in [0.2, 0.25) is 0 Å². The molecule has 0 N–H and O–H groups in total. The molecule has 0 radical (unpaired) electrons. The van der Waals surface area contributed by atoms with Crippen molar-refractivity contribution in [3.63, 3.8) is 0 Å². The van der Waals surface area contributed by atoms with Gasteiger partial charge >= 0.3 is 0 Å². The zero-order valence-corrected chi connectivity index (χ0v) is 19.0. The number of nitrogens with zero attached hydrogens (tertiary/aromatic N) is 3. The van der Waals surface area contributed by atoms with Crippen LogP contribution in [0.25, 0.3) is 11.0 Å². The van der Waals surface area contributed by atoms with E-state index in [1.54, 1.807) is 0 Å². The molecule has 2 heterocycles. The SMILES string of the molecule is CCCN(Cn1c(=S)n(CCc2ccccc2)c2ccccc21)C1CCS(=O)(=O)C1. The molecule has 1 aliphatic rings. The molecule has 1 saturated heterocycles. The number of rotatable bonds is 8. The van der Waals surface area contributed by atoms with Gasteiger partial charge in [0.25, 0.3) is 0 Å². The Morgan fingerprint density at radius 3 is 2.33 bits per heavy atom. The van der Waals surface area contributed by atoms with E-state index in [0.29, 0.717) is 18.8 Å². The van der Waals surface area contributed by atoms with Crippen LogP contribution in [0.1, 0.15) is 25.3 Å². The highest BCUT2D eigenvalue weighted by Gasteiger charge is 2.32. The van der Waals surface area contributed by atoms with Crippen LogP contribution in [0, 0.1) is 4.77 Å². The lowest BCUT2D eigenvalue weighted by atomic mass is 10.1. The number of para-hydroxylation sites is 2. The first-order chi connectivity index (χ1) is 14.5. The molecule has 1 aromatic heterocycles. The van der Waals surface area contributed by atoms with Crippen molar-refractivity contribution < 1.29 is 8.42 Å². The lowest BCUT2D eigenvalue weighted by Crippen LogP contribution is -2.38. The maximum atomic E-state index is 12.0. The smallest absolute Gasteiger partial charge is 0.181 e. The number of hydrogen-bond donors (Lipinski definition) is 0. The summed E-state index contributed by atoms with van der Waals surface area (Å²) in [6, 6.07) is 18.9. The third kappa shape index (κ3) is 4.53. The highest BCUT2D eigenvalue weighted by atomic mass is 32.2. The fourth-order valence-corrected chi connectivity index (χ4v) is 6.52. The highest BCUT2D eigenvalue weighted by Crippen LogP contribution is 2.23. The molecule has 0 bridgehead atoms. The molecule has 30 heavy (non-hydrogen) atoms. The van der Waals surface area contributed by atoms with E-state index >= 15 is 0 Å². The second kappa shape index (κ2) is 9.04. The van der Waals surface area contributed by atoms with Crippen LogP contribution in [0.4, 0.5) is 0 Å². The van der Waals surface area contributed by atoms with Gasteiger partial charge in [-0.15, -0.1) is 0 Å². The van der Waals surface area contributed by atoms with E-state index in [-0.39, 0.29) is 11.8 Å². The Morgan fingerprint density at radius 2 is 1.70 bits per heavy atom. The molecular weight excluding hydrogens is 414 g/mol. The lowest BCUT2D eigenvalue weighted by Gasteiger charge is -2.28. The summed E-state index contributed by atoms with van der Waals surface area (Å²) in [6.45, 7) is 4.46. The summed E-state index contributed by atoms with van der Waals surface area (Å²) in [7, 11) is -2.92. The van der Waals surface area contributed by atoms with Gasteiger partial charge in [0.05, 0.1) is 29.2 Å². The van der Waals surface area contributed by atoms with Crippen LogP contribution < -0.4 is 0 Å². The van der Waals surface area contributed by atoms with E-state index < -0.39 is 9.84 Å². The average Bonchev–Trinajstić information content (AvgIpc) is 3.24. The van der Waals surface area contributed by atoms with E-state index in [0.717, 1.165) is 41.7 Å². The van der Waals surface area contributed by atoms with Gasteiger partial charge in [-0.05, 0) is 55.7 Å². The summed E-state index contributed by atoms with van der Waals surface area (Å²) < 4.78 is 29.3. The van der Waals surface area contributed by atoms with Crippen LogP contribution in [0.2, 0.25) is 0 Å². The summed E-state index contributed by atoms with van der Waals surface area (Å²) in [5, 5.41) is 0. The molecule has 1 fully saturated rings. The maximum absolute atomic E-state index is 12.0. The number of sulfone groups is 1. The minimum atomic E-state index is -2.92. The fraction of sp³-hybridized carbons (Fsp3) is 0.435. The molecule has 160 valence electrons. The summed E-state index contributed by atoms with van der Waals surface area (Å²) in [5.74, 6) is 0.551. The van der Waals surface area contributed by atoms with Crippen molar-refractivity contribution in [1.29, 1.82) is 0 Å². The van der Waals surface area contributed by atoms with Crippen molar-refractivity contribution >= 4 is 33.1 Å². The molecule has 0 amide bonds. The van der Waals surface area contributed by atoms with E-state index in [2.05, 4.69) is 57.4 Å². The molecule has 4 rings (SSSR count). The number of imidazole rings is 1. The fourth-order valence-electron chi connectivity index (χ4n) is 4.41. The van der Waals surface area contributed by atoms with Crippen LogP contribution in [-0.2, 0) is 29.5 Å². The summed E-state index contributed by atoms with van der Waals surface area (Å²) in [6.07, 6.45) is 2.61. The van der Waals surface area contributed by atoms with E-state index in [9.17, 15) is 8.42 Å². The van der Waals surface area contributed by atoms with Gasteiger partial charge in [-0.2, -0.15) is 0 Å². The zero-order valence-electron chi connectivity index (χ0n) is 17.4. The Kier molecular flexibility index (Phi) is 6.41. The van der Waals surface area contributed by atoms with Gasteiger partial charge in [0, 0.05) is 12.6 Å². The van der Waals surface area contributed by atoms with Crippen LogP contribution in [0.5, 0.6) is 0 Å². The van der Waals surface area contributed by atoms with Crippen LogP contribution in [0.15, 0.2) is 54.6 Å². The third-order valence-electron chi connectivity index (χ3n) is 5.95. The van der Waals surface area contributed by atoms with Crippen molar-refractivity contribution in [2.45, 2.75) is 45.4 Å². The lowest BCUT2D eigenvalue weighted by molar-refractivity contribution is 0.166. The molecule has 7 heteroatoms. The number of aromatic nitrogens is 2. The normalized spacial score (nSPS) is 18.4. The van der Waals surface area contributed by atoms with Crippen molar-refractivity contribution in [3.8, 4) is 0 Å². The number of aryl methyl sites for hydroxylation is 2. The predicted molar refractivity (Wildman–Crippen MR) is 125 cm³/mol. The first-order valence-corrected chi connectivity index (χ1v) is 12.9. The van der Waals surface area contributed by atoms with Gasteiger partial charge in [0.15, 0.2) is 14.6 Å². The molecule has 1 unspecified atom stereocenters. The van der Waals surface area contributed by atoms with E-state index in [1.165, 1.54) is 5.56 Å². The van der Waals surface area contributed by atoms with Gasteiger partial charge in [-0.3, -0.25) is 4.90 Å². The Morgan fingerprint density at radius 1 is 1.03 bits per heavy atom. The summed E-state index contributed by atoms with van der Waals surface area (Å²) in [4.78, 5) is 2.30. The topological polar surface area (TPSA) is 47.2 Å². The number of hydrogen-bond acceptors (Lipinski definition) is 4. The highest BCUT2D eigenvalue weighted by molar-refractivity contribution is 7.91. The van der Waals surface area contributed by atoms with Crippen LogP contribution in [0.3, 0.4) is 0 Å². The van der Waals surface area contributed by atoms with Crippen molar-refractivity contribution in [2.24, 2.45) is 0 Å². The van der Waals surface area contributed by atoms with Crippen molar-refractivity contribution in [3.05, 3.63) is 64.9 Å². The molecule has 2 aromatic carbocycles. The molecule has 1 aliphatic heterocycles. The quantitative estimate of drug-likeness (QED) is 0.488. The number of benzene rings is 2. The monoisotopic (exact) mass is 443 g/mol. The van der Waals surface area contributed by atoms with E-state index in [4.69, 9.17) is 12.2 Å². The summed E-state index contributed by atoms with van der Waals surface area (Å²) >= 11 is 5.91. The minimum Gasteiger partial charge on any atom is -0.316 e. The molecule has 3 aromatic rings. The van der Waals surface area contributed by atoms with Gasteiger partial charge in [-0.1, -0.05) is 49.4 Å². The van der Waals surface area contributed by atoms with Gasteiger partial charge < -0.3 is 9.13 Å². The average molecular weight is 444 g/mol. The molecule has 5 nitrogen and oxygen atoms in total. The first kappa shape index (κ1) is 21.3. The zero-order chi connectivity index (χ0) is 21.1.